The van der Waals surface area contributed by atoms with E-state index >= 15 is 0 Å². The Bertz CT molecular complexity index is 736. The van der Waals surface area contributed by atoms with Crippen LogP contribution in [-0.4, -0.2) is 55.4 Å². The highest BCUT2D eigenvalue weighted by Gasteiger charge is 2.27. The van der Waals surface area contributed by atoms with Gasteiger partial charge in [-0.3, -0.25) is 24.0 Å². The van der Waals surface area contributed by atoms with E-state index in [-0.39, 0.29) is 30.6 Å². The van der Waals surface area contributed by atoms with Crippen molar-refractivity contribution in [2.24, 2.45) is 0 Å². The largest absolute Gasteiger partial charge is 0.383 e. The molecule has 27 heavy (non-hydrogen) atoms. The molecule has 9 heteroatoms. The number of piperidine rings is 1. The third kappa shape index (κ3) is 5.43. The zero-order valence-electron chi connectivity index (χ0n) is 16.4. The molecule has 1 aliphatic heterocycles. The van der Waals surface area contributed by atoms with Crippen LogP contribution in [0.25, 0.3) is 0 Å². The number of nitrogens with zero attached hydrogens (tertiary/aromatic N) is 2. The van der Waals surface area contributed by atoms with Gasteiger partial charge in [0.2, 0.25) is 0 Å². The number of hydrogen-bond donors (Lipinski definition) is 3. The number of nitrogen functional groups attached to an aromatic ring is 1. The van der Waals surface area contributed by atoms with Gasteiger partial charge in [0, 0.05) is 20.2 Å². The van der Waals surface area contributed by atoms with Gasteiger partial charge in [0.25, 0.3) is 11.5 Å². The maximum absolute atomic E-state index is 13.0. The molecule has 1 aliphatic rings. The number of amides is 1. The molecule has 1 saturated heterocycles. The predicted octanol–water partition coefficient (Wildman–Crippen LogP) is -1.03. The lowest BCUT2D eigenvalue weighted by Crippen LogP contribution is -3.14. The van der Waals surface area contributed by atoms with Crippen molar-refractivity contribution in [3.8, 4) is 0 Å². The molecule has 0 saturated carbocycles. The zero-order valence-corrected chi connectivity index (χ0v) is 16.4. The Kier molecular flexibility index (Phi) is 8.05. The van der Waals surface area contributed by atoms with E-state index in [1.165, 1.54) is 27.9 Å². The lowest BCUT2D eigenvalue weighted by Gasteiger charge is -2.28. The molecule has 1 aromatic rings. The molecule has 1 aromatic heterocycles. The molecule has 0 atom stereocenters. The summed E-state index contributed by atoms with van der Waals surface area (Å²) >= 11 is 0. The van der Waals surface area contributed by atoms with Crippen molar-refractivity contribution in [1.82, 2.24) is 9.55 Å². The maximum Gasteiger partial charge on any atom is 0.330 e. The van der Waals surface area contributed by atoms with E-state index in [9.17, 15) is 14.4 Å². The maximum atomic E-state index is 13.0. The van der Waals surface area contributed by atoms with E-state index in [2.05, 4.69) is 4.98 Å². The van der Waals surface area contributed by atoms with Crippen LogP contribution < -0.4 is 26.8 Å². The molecular weight excluding hydrogens is 350 g/mol. The van der Waals surface area contributed by atoms with Crippen molar-refractivity contribution in [2.45, 2.75) is 45.6 Å². The Morgan fingerprint density at radius 3 is 2.63 bits per heavy atom. The molecule has 2 rings (SSSR count). The number of quaternary nitrogens is 1. The number of methoxy groups -OCH3 is 1. The molecule has 1 fully saturated rings. The second kappa shape index (κ2) is 10.3. The molecule has 0 unspecified atom stereocenters. The van der Waals surface area contributed by atoms with E-state index in [1.807, 2.05) is 6.92 Å². The number of H-pyrrole nitrogens is 1. The first-order chi connectivity index (χ1) is 13.0. The first kappa shape index (κ1) is 21.2. The standard InChI is InChI=1S/C18H31N5O4/c1-3-4-10-23-16(19)15(17(25)20-18(23)26)22(11-12-27-2)14(24)13-21-8-6-5-7-9-21/h3-13,19H2,1-2H3,(H,20,25,26)/p+1. The smallest absolute Gasteiger partial charge is 0.330 e. The molecule has 0 aromatic carbocycles. The van der Waals surface area contributed by atoms with Crippen LogP contribution in [0.5, 0.6) is 0 Å². The number of carbonyl (C=O) groups is 1. The summed E-state index contributed by atoms with van der Waals surface area (Å²) < 4.78 is 6.44. The Morgan fingerprint density at radius 2 is 2.00 bits per heavy atom. The van der Waals surface area contributed by atoms with E-state index in [1.54, 1.807) is 0 Å². The van der Waals surface area contributed by atoms with Gasteiger partial charge in [0.1, 0.15) is 5.82 Å². The highest BCUT2D eigenvalue weighted by Crippen LogP contribution is 2.17. The third-order valence-corrected chi connectivity index (χ3v) is 5.00. The van der Waals surface area contributed by atoms with Crippen LogP contribution in [-0.2, 0) is 16.1 Å². The van der Waals surface area contributed by atoms with Crippen LogP contribution in [0.1, 0.15) is 39.0 Å². The van der Waals surface area contributed by atoms with Gasteiger partial charge >= 0.3 is 5.69 Å². The number of likely N-dealkylation sites (tertiary alicyclic amines) is 1. The monoisotopic (exact) mass is 382 g/mol. The molecule has 152 valence electrons. The van der Waals surface area contributed by atoms with Gasteiger partial charge in [-0.1, -0.05) is 13.3 Å². The molecule has 0 spiro atoms. The van der Waals surface area contributed by atoms with Crippen molar-refractivity contribution >= 4 is 17.4 Å². The summed E-state index contributed by atoms with van der Waals surface area (Å²) in [4.78, 5) is 42.5. The van der Waals surface area contributed by atoms with Gasteiger partial charge in [0.05, 0.1) is 19.7 Å². The molecule has 4 N–H and O–H groups in total. The van der Waals surface area contributed by atoms with Gasteiger partial charge in [-0.15, -0.1) is 0 Å². The summed E-state index contributed by atoms with van der Waals surface area (Å²) in [5, 5.41) is 0. The molecule has 0 bridgehead atoms. The van der Waals surface area contributed by atoms with Crippen molar-refractivity contribution < 1.29 is 14.4 Å². The van der Waals surface area contributed by atoms with E-state index in [4.69, 9.17) is 10.5 Å². The second-order valence-corrected chi connectivity index (χ2v) is 7.02. The van der Waals surface area contributed by atoms with Gasteiger partial charge in [-0.25, -0.2) is 4.79 Å². The number of unbranched alkanes of at least 4 members (excludes halogenated alkanes) is 1. The number of aromatic amines is 1. The van der Waals surface area contributed by atoms with Gasteiger partial charge < -0.3 is 15.4 Å². The average Bonchev–Trinajstić information content (AvgIpc) is 2.64. The van der Waals surface area contributed by atoms with E-state index < -0.39 is 11.2 Å². The zero-order chi connectivity index (χ0) is 19.8. The summed E-state index contributed by atoms with van der Waals surface area (Å²) in [5.41, 5.74) is 5.03. The molecule has 0 aliphatic carbocycles. The first-order valence-electron chi connectivity index (χ1n) is 9.75. The third-order valence-electron chi connectivity index (χ3n) is 5.00. The number of anilines is 2. The fraction of sp³-hybridized carbons (Fsp3) is 0.722. The van der Waals surface area contributed by atoms with Gasteiger partial charge in [-0.2, -0.15) is 0 Å². The van der Waals surface area contributed by atoms with Crippen LogP contribution >= 0.6 is 0 Å². The molecule has 9 nitrogen and oxygen atoms in total. The Morgan fingerprint density at radius 1 is 1.30 bits per heavy atom. The number of aromatic nitrogens is 2. The highest BCUT2D eigenvalue weighted by molar-refractivity contribution is 5.96. The minimum absolute atomic E-state index is 0.0373. The number of hydrogen-bond acceptors (Lipinski definition) is 5. The number of ether oxygens (including phenoxy) is 1. The molecule has 1 amide bonds. The van der Waals surface area contributed by atoms with Crippen LogP contribution in [0, 0.1) is 0 Å². The van der Waals surface area contributed by atoms with Gasteiger partial charge in [-0.05, 0) is 25.7 Å². The lowest BCUT2D eigenvalue weighted by molar-refractivity contribution is -0.896. The lowest BCUT2D eigenvalue weighted by atomic mass is 10.1. The van der Waals surface area contributed by atoms with Crippen LogP contribution in [0.3, 0.4) is 0 Å². The van der Waals surface area contributed by atoms with Crippen LogP contribution in [0.4, 0.5) is 11.5 Å². The summed E-state index contributed by atoms with van der Waals surface area (Å²) in [6.07, 6.45) is 5.03. The summed E-state index contributed by atoms with van der Waals surface area (Å²) in [6.45, 7) is 5.09. The fourth-order valence-corrected chi connectivity index (χ4v) is 3.46. The minimum Gasteiger partial charge on any atom is -0.383 e. The highest BCUT2D eigenvalue weighted by atomic mass is 16.5. The van der Waals surface area contributed by atoms with Crippen molar-refractivity contribution in [1.29, 1.82) is 0 Å². The predicted molar refractivity (Wildman–Crippen MR) is 104 cm³/mol. The molecule has 2 heterocycles. The van der Waals surface area contributed by atoms with Crippen molar-refractivity contribution in [2.75, 3.05) is 50.5 Å². The Labute approximate surface area is 159 Å². The topological polar surface area (TPSA) is 115 Å². The number of carbonyl (C=O) groups excluding carboxylic acids is 1. The number of nitrogens with two attached hydrogens (primary N) is 1. The Hall–Kier alpha value is -2.13. The first-order valence-corrected chi connectivity index (χ1v) is 9.75. The average molecular weight is 382 g/mol. The normalized spacial score (nSPS) is 15.0. The summed E-state index contributed by atoms with van der Waals surface area (Å²) in [5.74, 6) is -0.142. The van der Waals surface area contributed by atoms with E-state index in [0.29, 0.717) is 13.1 Å². The fourth-order valence-electron chi connectivity index (χ4n) is 3.46. The summed E-state index contributed by atoms with van der Waals surface area (Å²) in [7, 11) is 1.54. The quantitative estimate of drug-likeness (QED) is 0.505. The van der Waals surface area contributed by atoms with Crippen molar-refractivity contribution in [3.05, 3.63) is 20.8 Å². The summed E-state index contributed by atoms with van der Waals surface area (Å²) in [6, 6.07) is 0. The van der Waals surface area contributed by atoms with Crippen molar-refractivity contribution in [3.63, 3.8) is 0 Å². The number of nitrogens with one attached hydrogen (secondary N) is 2. The van der Waals surface area contributed by atoms with Crippen LogP contribution in [0.2, 0.25) is 0 Å². The minimum atomic E-state index is -0.636. The second-order valence-electron chi connectivity index (χ2n) is 7.02. The Balaban J connectivity index is 2.35. The SMILES string of the molecule is CCCCn1c(N)c(N(CCOC)C(=O)C[NH+]2CCCCC2)c(=O)[nH]c1=O. The number of rotatable bonds is 9. The molecular formula is C18H32N5O4+. The van der Waals surface area contributed by atoms with E-state index in [0.717, 1.165) is 38.8 Å². The van der Waals surface area contributed by atoms with Gasteiger partial charge in [0.15, 0.2) is 12.2 Å². The molecule has 0 radical (unpaired) electrons. The van der Waals surface area contributed by atoms with Crippen LogP contribution in [0.15, 0.2) is 9.59 Å².